The zero-order chi connectivity index (χ0) is 13.9. The van der Waals surface area contributed by atoms with Gasteiger partial charge in [-0.05, 0) is 30.4 Å². The average molecular weight is 321 g/mol. The molecule has 0 aliphatic heterocycles. The molecule has 2 rings (SSSR count). The van der Waals surface area contributed by atoms with Crippen LogP contribution in [0.3, 0.4) is 0 Å². The molecule has 1 aliphatic carbocycles. The Hall–Kier alpha value is -0.890. The van der Waals surface area contributed by atoms with E-state index in [1.165, 1.54) is 11.1 Å². The molecule has 1 aromatic carbocycles. The number of rotatable bonds is 4. The monoisotopic (exact) mass is 320 g/mol. The third kappa shape index (κ3) is 2.55. The lowest BCUT2D eigenvalue weighted by Crippen LogP contribution is -2.36. The molecular weight excluding hydrogens is 300 g/mol. The van der Waals surface area contributed by atoms with Crippen molar-refractivity contribution in [2.75, 3.05) is 0 Å². The summed E-state index contributed by atoms with van der Waals surface area (Å²) in [5.74, 6) is 0.327. The number of aryl methyl sites for hydroxylation is 1. The number of fused-ring (bicyclic) bond motifs is 1. The highest BCUT2D eigenvalue weighted by Crippen LogP contribution is 2.44. The third-order valence-corrected chi connectivity index (χ3v) is 4.85. The highest BCUT2D eigenvalue weighted by Gasteiger charge is 2.43. The van der Waals surface area contributed by atoms with Crippen LogP contribution in [0.5, 0.6) is 0 Å². The fourth-order valence-electron chi connectivity index (χ4n) is 3.11. The Labute approximate surface area is 124 Å². The number of allylic oxidation sites excluding steroid dienone is 1. The molecule has 0 saturated carbocycles. The molecule has 0 fully saturated rings. The van der Waals surface area contributed by atoms with E-state index < -0.39 is 5.41 Å². The summed E-state index contributed by atoms with van der Waals surface area (Å²) in [5, 5.41) is 0. The van der Waals surface area contributed by atoms with Crippen molar-refractivity contribution in [3.63, 3.8) is 0 Å². The Morgan fingerprint density at radius 1 is 1.37 bits per heavy atom. The normalized spacial score (nSPS) is 22.7. The van der Waals surface area contributed by atoms with E-state index in [4.69, 9.17) is 0 Å². The van der Waals surface area contributed by atoms with Crippen molar-refractivity contribution >= 4 is 21.7 Å². The minimum Gasteiger partial charge on any atom is -0.298 e. The number of ketones is 1. The second-order valence-electron chi connectivity index (χ2n) is 5.35. The van der Waals surface area contributed by atoms with E-state index in [9.17, 15) is 4.79 Å². The van der Waals surface area contributed by atoms with E-state index in [-0.39, 0.29) is 0 Å². The summed E-state index contributed by atoms with van der Waals surface area (Å²) in [6.45, 7) is 6.26. The number of benzene rings is 1. The van der Waals surface area contributed by atoms with Crippen LogP contribution in [0.4, 0.5) is 0 Å². The lowest BCUT2D eigenvalue weighted by molar-refractivity contribution is -0.123. The molecule has 1 aromatic rings. The van der Waals surface area contributed by atoms with Gasteiger partial charge in [0, 0.05) is 10.9 Å². The van der Waals surface area contributed by atoms with E-state index in [0.717, 1.165) is 36.6 Å². The molecule has 0 aromatic heterocycles. The molecule has 0 N–H and O–H groups in total. The van der Waals surface area contributed by atoms with Crippen LogP contribution >= 0.6 is 15.9 Å². The van der Waals surface area contributed by atoms with E-state index in [0.29, 0.717) is 12.2 Å². The first-order chi connectivity index (χ1) is 9.13. The molecule has 1 nitrogen and oxygen atoms in total. The van der Waals surface area contributed by atoms with Crippen LogP contribution in [-0.2, 0) is 16.6 Å². The van der Waals surface area contributed by atoms with Gasteiger partial charge in [-0.3, -0.25) is 4.79 Å². The summed E-state index contributed by atoms with van der Waals surface area (Å²) < 4.78 is 0.827. The lowest BCUT2D eigenvalue weighted by atomic mass is 9.71. The fraction of sp³-hybridized carbons (Fsp3) is 0.471. The van der Waals surface area contributed by atoms with Crippen LogP contribution in [0.25, 0.3) is 0 Å². The van der Waals surface area contributed by atoms with E-state index >= 15 is 0 Å². The number of halogens is 1. The van der Waals surface area contributed by atoms with Gasteiger partial charge in [0.15, 0.2) is 0 Å². The quantitative estimate of drug-likeness (QED) is 0.719. The second-order valence-corrected chi connectivity index (χ2v) is 6.30. The van der Waals surface area contributed by atoms with Crippen LogP contribution in [0.1, 0.15) is 50.2 Å². The maximum Gasteiger partial charge on any atom is 0.148 e. The highest BCUT2D eigenvalue weighted by atomic mass is 79.9. The number of carbonyl (C=O) groups is 1. The van der Waals surface area contributed by atoms with Gasteiger partial charge in [0.1, 0.15) is 5.78 Å². The summed E-state index contributed by atoms with van der Waals surface area (Å²) >= 11 is 3.55. The van der Waals surface area contributed by atoms with Crippen molar-refractivity contribution in [3.8, 4) is 0 Å². The maximum absolute atomic E-state index is 12.8. The van der Waals surface area contributed by atoms with Gasteiger partial charge >= 0.3 is 0 Å². The molecule has 0 heterocycles. The first-order valence-electron chi connectivity index (χ1n) is 7.09. The van der Waals surface area contributed by atoms with Crippen LogP contribution < -0.4 is 0 Å². The molecule has 0 amide bonds. The summed E-state index contributed by atoms with van der Waals surface area (Å²) in [4.78, 5) is 12.8. The van der Waals surface area contributed by atoms with Gasteiger partial charge in [-0.2, -0.15) is 0 Å². The molecule has 0 saturated heterocycles. The zero-order valence-corrected chi connectivity index (χ0v) is 13.1. The van der Waals surface area contributed by atoms with Crippen molar-refractivity contribution in [2.45, 2.75) is 50.9 Å². The molecule has 19 heavy (non-hydrogen) atoms. The summed E-state index contributed by atoms with van der Waals surface area (Å²) in [6, 6.07) is 8.37. The van der Waals surface area contributed by atoms with Gasteiger partial charge in [-0.15, -0.1) is 0 Å². The first kappa shape index (κ1) is 14.5. The van der Waals surface area contributed by atoms with Crippen molar-refractivity contribution in [1.82, 2.24) is 0 Å². The average Bonchev–Trinajstić information content (AvgIpc) is 2.54. The number of carbonyl (C=O) groups excluding carboxylic acids is 1. The van der Waals surface area contributed by atoms with E-state index in [1.807, 2.05) is 6.07 Å². The topological polar surface area (TPSA) is 17.1 Å². The molecule has 1 unspecified atom stereocenters. The molecule has 102 valence electrons. The van der Waals surface area contributed by atoms with Crippen molar-refractivity contribution < 1.29 is 4.79 Å². The fourth-order valence-corrected chi connectivity index (χ4v) is 3.74. The van der Waals surface area contributed by atoms with Crippen molar-refractivity contribution in [3.05, 3.63) is 46.5 Å². The predicted octanol–water partition coefficient (Wildman–Crippen LogP) is 4.93. The molecule has 1 atom stereocenters. The van der Waals surface area contributed by atoms with E-state index in [2.05, 4.69) is 47.6 Å². The predicted molar refractivity (Wildman–Crippen MR) is 83.7 cm³/mol. The van der Waals surface area contributed by atoms with Gasteiger partial charge in [-0.1, -0.05) is 66.5 Å². The lowest BCUT2D eigenvalue weighted by Gasteiger charge is -2.33. The first-order valence-corrected chi connectivity index (χ1v) is 7.88. The van der Waals surface area contributed by atoms with Gasteiger partial charge in [-0.25, -0.2) is 0 Å². The Kier molecular flexibility index (Phi) is 4.62. The van der Waals surface area contributed by atoms with Gasteiger partial charge < -0.3 is 0 Å². The third-order valence-electron chi connectivity index (χ3n) is 4.17. The Balaban J connectivity index is 2.59. The van der Waals surface area contributed by atoms with Crippen LogP contribution in [0.2, 0.25) is 0 Å². The second kappa shape index (κ2) is 6.04. The molecule has 0 spiro atoms. The standard InChI is InChI=1S/C17H21BrO/c1-3-4-12-17(13(2)18)15-10-6-5-8-14(15)9-7-11-16(17)19/h5-6,8,10H,2-4,7,9,11-12H2,1H3. The summed E-state index contributed by atoms with van der Waals surface area (Å²) in [7, 11) is 0. The number of unbranched alkanes of at least 4 members (excludes halogenated alkanes) is 1. The largest absolute Gasteiger partial charge is 0.298 e. The summed E-state index contributed by atoms with van der Waals surface area (Å²) in [5.41, 5.74) is 1.97. The smallest absolute Gasteiger partial charge is 0.148 e. The minimum absolute atomic E-state index is 0.327. The van der Waals surface area contributed by atoms with Gasteiger partial charge in [0.05, 0.1) is 5.41 Å². The Morgan fingerprint density at radius 2 is 2.11 bits per heavy atom. The highest BCUT2D eigenvalue weighted by molar-refractivity contribution is 9.11. The van der Waals surface area contributed by atoms with Crippen LogP contribution in [0.15, 0.2) is 35.3 Å². The van der Waals surface area contributed by atoms with Crippen molar-refractivity contribution in [1.29, 1.82) is 0 Å². The van der Waals surface area contributed by atoms with Crippen LogP contribution in [0, 0.1) is 0 Å². The van der Waals surface area contributed by atoms with Crippen molar-refractivity contribution in [2.24, 2.45) is 0 Å². The Bertz CT molecular complexity index is 492. The molecule has 1 aliphatic rings. The zero-order valence-electron chi connectivity index (χ0n) is 11.5. The minimum atomic E-state index is -0.511. The SMILES string of the molecule is C=C(Br)C1(CCCC)C(=O)CCCc2ccccc21. The molecule has 2 heteroatoms. The number of hydrogen-bond donors (Lipinski definition) is 0. The summed E-state index contributed by atoms with van der Waals surface area (Å²) in [6.07, 6.45) is 5.61. The molecular formula is C17H21BrO. The maximum atomic E-state index is 12.8. The number of Topliss-reactive ketones (excluding diaryl/α,β-unsaturated/α-hetero) is 1. The molecule has 0 radical (unpaired) electrons. The van der Waals surface area contributed by atoms with Gasteiger partial charge in [0.25, 0.3) is 0 Å². The molecule has 0 bridgehead atoms. The Morgan fingerprint density at radius 3 is 2.79 bits per heavy atom. The van der Waals surface area contributed by atoms with E-state index in [1.54, 1.807) is 0 Å². The van der Waals surface area contributed by atoms with Gasteiger partial charge in [0.2, 0.25) is 0 Å². The number of hydrogen-bond acceptors (Lipinski definition) is 1. The van der Waals surface area contributed by atoms with Crippen LogP contribution in [-0.4, -0.2) is 5.78 Å².